The molecule has 0 unspecified atom stereocenters. The van der Waals surface area contributed by atoms with E-state index in [1.807, 2.05) is 6.07 Å². The van der Waals surface area contributed by atoms with Gasteiger partial charge in [-0.2, -0.15) is 0 Å². The number of fused-ring (bicyclic) bond motifs is 3. The molecule has 6 nitrogen and oxygen atoms in total. The minimum atomic E-state index is -4.18. The molecular weight excluding hydrogens is 433 g/mol. The Bertz CT molecular complexity index is 1390. The summed E-state index contributed by atoms with van der Waals surface area (Å²) in [5.41, 5.74) is 1.43. The monoisotopic (exact) mass is 443 g/mol. The van der Waals surface area contributed by atoms with Gasteiger partial charge in [0, 0.05) is 5.02 Å². The molecule has 0 saturated carbocycles. The summed E-state index contributed by atoms with van der Waals surface area (Å²) in [5, 5.41) is 0.299. The van der Waals surface area contributed by atoms with Crippen LogP contribution in [0.5, 0.6) is 11.6 Å². The van der Waals surface area contributed by atoms with Crippen molar-refractivity contribution >= 4 is 55.8 Å². The number of halogens is 2. The van der Waals surface area contributed by atoms with Gasteiger partial charge in [-0.25, -0.2) is 22.7 Å². The molecule has 9 heteroatoms. The molecule has 0 fully saturated rings. The van der Waals surface area contributed by atoms with Gasteiger partial charge in [-0.05, 0) is 42.5 Å². The van der Waals surface area contributed by atoms with Crippen LogP contribution in [0.2, 0.25) is 10.0 Å². The molecule has 1 aliphatic heterocycles. The second kappa shape index (κ2) is 6.59. The molecule has 3 aromatic carbocycles. The van der Waals surface area contributed by atoms with Crippen LogP contribution in [0.15, 0.2) is 71.6 Å². The van der Waals surface area contributed by atoms with Gasteiger partial charge in [0.2, 0.25) is 5.82 Å². The van der Waals surface area contributed by atoms with Crippen LogP contribution in [-0.4, -0.2) is 18.4 Å². The Morgan fingerprint density at radius 3 is 2.34 bits per heavy atom. The van der Waals surface area contributed by atoms with E-state index < -0.39 is 10.0 Å². The third-order valence-electron chi connectivity index (χ3n) is 4.42. The number of ether oxygens (including phenoxy) is 1. The van der Waals surface area contributed by atoms with Gasteiger partial charge in [0.05, 0.1) is 16.1 Å². The lowest BCUT2D eigenvalue weighted by Gasteiger charge is -2.30. The highest BCUT2D eigenvalue weighted by Crippen LogP contribution is 2.48. The van der Waals surface area contributed by atoms with E-state index in [0.29, 0.717) is 22.5 Å². The third-order valence-corrected chi connectivity index (χ3v) is 6.84. The molecule has 5 rings (SSSR count). The van der Waals surface area contributed by atoms with Gasteiger partial charge in [0.15, 0.2) is 5.75 Å². The van der Waals surface area contributed by atoms with E-state index in [0.717, 1.165) is 4.31 Å². The van der Waals surface area contributed by atoms with Gasteiger partial charge in [-0.15, -0.1) is 0 Å². The highest BCUT2D eigenvalue weighted by atomic mass is 35.5. The van der Waals surface area contributed by atoms with Gasteiger partial charge in [0.1, 0.15) is 10.6 Å². The quantitative estimate of drug-likeness (QED) is 0.404. The number of hydrogen-bond acceptors (Lipinski definition) is 5. The first-order valence-corrected chi connectivity index (χ1v) is 10.7. The summed E-state index contributed by atoms with van der Waals surface area (Å²) in [4.78, 5) is 8.85. The average molecular weight is 444 g/mol. The van der Waals surface area contributed by atoms with Crippen molar-refractivity contribution in [3.05, 3.63) is 76.8 Å². The van der Waals surface area contributed by atoms with Crippen molar-refractivity contribution in [2.24, 2.45) is 0 Å². The standard InChI is InChI=1S/C20H11Cl2N3O3S/c21-12-9-10-13(22)18(11-12)29(26,27)25-16-7-3-4-8-17(16)28-20-19(25)23-14-5-1-2-6-15(14)24-20/h1-11H. The summed E-state index contributed by atoms with van der Waals surface area (Å²) in [7, 11) is -4.18. The lowest BCUT2D eigenvalue weighted by atomic mass is 10.2. The SMILES string of the molecule is O=S(=O)(c1cc(Cl)ccc1Cl)N1c2ccccc2Oc2nc3ccccc3nc21. The van der Waals surface area contributed by atoms with E-state index in [1.54, 1.807) is 42.5 Å². The van der Waals surface area contributed by atoms with E-state index in [-0.39, 0.29) is 26.6 Å². The Hall–Kier alpha value is -2.87. The summed E-state index contributed by atoms with van der Waals surface area (Å²) in [6.07, 6.45) is 0. The zero-order valence-corrected chi connectivity index (χ0v) is 16.9. The van der Waals surface area contributed by atoms with Crippen LogP contribution in [0.4, 0.5) is 11.5 Å². The first-order valence-electron chi connectivity index (χ1n) is 8.49. The van der Waals surface area contributed by atoms with Gasteiger partial charge in [-0.1, -0.05) is 47.5 Å². The number of hydrogen-bond donors (Lipinski definition) is 0. The molecule has 144 valence electrons. The second-order valence-electron chi connectivity index (χ2n) is 6.26. The largest absolute Gasteiger partial charge is 0.434 e. The Labute approximate surface area is 176 Å². The third kappa shape index (κ3) is 2.90. The van der Waals surface area contributed by atoms with Crippen molar-refractivity contribution in [3.8, 4) is 11.6 Å². The Morgan fingerprint density at radius 1 is 0.862 bits per heavy atom. The zero-order valence-electron chi connectivity index (χ0n) is 14.6. The Kier molecular flexibility index (Phi) is 4.13. The number of anilines is 2. The Balaban J connectivity index is 1.82. The molecule has 1 aromatic heterocycles. The van der Waals surface area contributed by atoms with Crippen LogP contribution >= 0.6 is 23.2 Å². The maximum atomic E-state index is 13.7. The molecule has 1 aliphatic rings. The van der Waals surface area contributed by atoms with Crippen LogP contribution in [0.25, 0.3) is 11.0 Å². The topological polar surface area (TPSA) is 72.4 Å². The Morgan fingerprint density at radius 2 is 1.55 bits per heavy atom. The molecular formula is C20H11Cl2N3O3S. The lowest BCUT2D eigenvalue weighted by molar-refractivity contribution is 0.457. The summed E-state index contributed by atoms with van der Waals surface area (Å²) in [5.74, 6) is 0.480. The number of sulfonamides is 1. The maximum Gasteiger partial charge on any atom is 0.271 e. The number of aromatic nitrogens is 2. The van der Waals surface area contributed by atoms with Crippen molar-refractivity contribution in [2.75, 3.05) is 4.31 Å². The molecule has 0 bridgehead atoms. The molecule has 4 aromatic rings. The van der Waals surface area contributed by atoms with Gasteiger partial charge >= 0.3 is 0 Å². The van der Waals surface area contributed by atoms with Gasteiger partial charge in [-0.3, -0.25) is 0 Å². The first kappa shape index (κ1) is 18.2. The van der Waals surface area contributed by atoms with Gasteiger partial charge < -0.3 is 4.74 Å². The fraction of sp³-hybridized carbons (Fsp3) is 0. The molecule has 0 aliphatic carbocycles. The number of nitrogens with zero attached hydrogens (tertiary/aromatic N) is 3. The second-order valence-corrected chi connectivity index (χ2v) is 8.85. The summed E-state index contributed by atoms with van der Waals surface area (Å²) in [6, 6.07) is 18.2. The molecule has 29 heavy (non-hydrogen) atoms. The zero-order chi connectivity index (χ0) is 20.2. The van der Waals surface area contributed by atoms with E-state index >= 15 is 0 Å². The van der Waals surface area contributed by atoms with Crippen LogP contribution in [-0.2, 0) is 10.0 Å². The maximum absolute atomic E-state index is 13.7. The molecule has 0 spiro atoms. The van der Waals surface area contributed by atoms with Crippen molar-refractivity contribution in [1.82, 2.24) is 9.97 Å². The van der Waals surface area contributed by atoms with Crippen LogP contribution in [0.3, 0.4) is 0 Å². The first-order chi connectivity index (χ1) is 13.9. The molecule has 0 radical (unpaired) electrons. The van der Waals surface area contributed by atoms with Crippen molar-refractivity contribution in [2.45, 2.75) is 4.90 Å². The van der Waals surface area contributed by atoms with E-state index in [4.69, 9.17) is 27.9 Å². The van der Waals surface area contributed by atoms with E-state index in [9.17, 15) is 8.42 Å². The van der Waals surface area contributed by atoms with Crippen molar-refractivity contribution < 1.29 is 13.2 Å². The predicted molar refractivity (Wildman–Crippen MR) is 112 cm³/mol. The fourth-order valence-electron chi connectivity index (χ4n) is 3.12. The van der Waals surface area contributed by atoms with Crippen LogP contribution in [0.1, 0.15) is 0 Å². The normalized spacial score (nSPS) is 13.0. The van der Waals surface area contributed by atoms with Gasteiger partial charge in [0.25, 0.3) is 15.9 Å². The van der Waals surface area contributed by atoms with Crippen molar-refractivity contribution in [3.63, 3.8) is 0 Å². The van der Waals surface area contributed by atoms with Crippen LogP contribution < -0.4 is 9.04 Å². The predicted octanol–water partition coefficient (Wildman–Crippen LogP) is 5.57. The highest BCUT2D eigenvalue weighted by Gasteiger charge is 2.38. The molecule has 0 atom stereocenters. The van der Waals surface area contributed by atoms with E-state index in [2.05, 4.69) is 9.97 Å². The average Bonchev–Trinajstić information content (AvgIpc) is 2.72. The minimum Gasteiger partial charge on any atom is -0.434 e. The summed E-state index contributed by atoms with van der Waals surface area (Å²) in [6.45, 7) is 0. The molecule has 0 N–H and O–H groups in total. The van der Waals surface area contributed by atoms with Crippen molar-refractivity contribution in [1.29, 1.82) is 0 Å². The number of para-hydroxylation sites is 4. The lowest BCUT2D eigenvalue weighted by Crippen LogP contribution is -2.30. The summed E-state index contributed by atoms with van der Waals surface area (Å²) < 4.78 is 34.3. The number of rotatable bonds is 2. The smallest absolute Gasteiger partial charge is 0.271 e. The highest BCUT2D eigenvalue weighted by molar-refractivity contribution is 7.93. The fourth-order valence-corrected chi connectivity index (χ4v) is 5.31. The molecule has 0 amide bonds. The van der Waals surface area contributed by atoms with E-state index in [1.165, 1.54) is 18.2 Å². The number of benzene rings is 3. The minimum absolute atomic E-state index is 0.0497. The molecule has 0 saturated heterocycles. The van der Waals surface area contributed by atoms with Crippen LogP contribution in [0, 0.1) is 0 Å². The molecule has 2 heterocycles. The summed E-state index contributed by atoms with van der Waals surface area (Å²) >= 11 is 12.3.